The van der Waals surface area contributed by atoms with Crippen molar-refractivity contribution in [3.05, 3.63) is 52.3 Å². The number of benzene rings is 2. The summed E-state index contributed by atoms with van der Waals surface area (Å²) in [5.74, 6) is -0.310. The van der Waals surface area contributed by atoms with Crippen LogP contribution in [0, 0.1) is 5.82 Å². The SMILES string of the molecule is CCN(c1cccc(O)c1)c1ccc(C(N)=S)c(Br)c1F. The Kier molecular flexibility index (Phi) is 4.80. The predicted octanol–water partition coefficient (Wildman–Crippen LogP) is 4.09. The molecule has 2 aromatic carbocycles. The van der Waals surface area contributed by atoms with E-state index in [9.17, 15) is 9.50 Å². The molecule has 110 valence electrons. The third kappa shape index (κ3) is 3.16. The Morgan fingerprint density at radius 3 is 2.67 bits per heavy atom. The van der Waals surface area contributed by atoms with Gasteiger partial charge >= 0.3 is 0 Å². The number of hydrogen-bond acceptors (Lipinski definition) is 3. The van der Waals surface area contributed by atoms with Gasteiger partial charge in [-0.25, -0.2) is 4.39 Å². The van der Waals surface area contributed by atoms with Crippen LogP contribution >= 0.6 is 28.1 Å². The number of hydrogen-bond donors (Lipinski definition) is 2. The van der Waals surface area contributed by atoms with Gasteiger partial charge in [0.25, 0.3) is 0 Å². The molecule has 21 heavy (non-hydrogen) atoms. The Labute approximate surface area is 136 Å². The number of phenols is 1. The Bertz CT molecular complexity index is 693. The van der Waals surface area contributed by atoms with Gasteiger partial charge in [-0.2, -0.15) is 0 Å². The molecule has 0 aliphatic heterocycles. The van der Waals surface area contributed by atoms with E-state index in [2.05, 4.69) is 15.9 Å². The number of thiocarbonyl (C=S) groups is 1. The second-order valence-corrected chi connectivity index (χ2v) is 5.62. The molecule has 0 unspecified atom stereocenters. The first-order valence-corrected chi connectivity index (χ1v) is 7.50. The number of rotatable bonds is 4. The topological polar surface area (TPSA) is 49.5 Å². The van der Waals surface area contributed by atoms with Crippen LogP contribution in [0.25, 0.3) is 0 Å². The van der Waals surface area contributed by atoms with Crippen LogP contribution in [-0.4, -0.2) is 16.6 Å². The number of halogens is 2. The van der Waals surface area contributed by atoms with Gasteiger partial charge in [0.2, 0.25) is 0 Å². The third-order valence-electron chi connectivity index (χ3n) is 3.08. The van der Waals surface area contributed by atoms with Crippen LogP contribution in [0.2, 0.25) is 0 Å². The molecular weight excluding hydrogens is 355 g/mol. The summed E-state index contributed by atoms with van der Waals surface area (Å²) >= 11 is 8.09. The molecule has 0 aliphatic rings. The lowest BCUT2D eigenvalue weighted by Crippen LogP contribution is -2.19. The van der Waals surface area contributed by atoms with Crippen molar-refractivity contribution in [3.63, 3.8) is 0 Å². The van der Waals surface area contributed by atoms with Crippen LogP contribution in [0.15, 0.2) is 40.9 Å². The fraction of sp³-hybridized carbons (Fsp3) is 0.133. The van der Waals surface area contributed by atoms with E-state index in [0.717, 1.165) is 0 Å². The minimum absolute atomic E-state index is 0.130. The van der Waals surface area contributed by atoms with Crippen molar-refractivity contribution in [2.75, 3.05) is 11.4 Å². The smallest absolute Gasteiger partial charge is 0.161 e. The maximum atomic E-state index is 14.6. The molecule has 0 aromatic heterocycles. The molecule has 0 aliphatic carbocycles. The monoisotopic (exact) mass is 368 g/mol. The molecule has 0 radical (unpaired) electrons. The van der Waals surface area contributed by atoms with Gasteiger partial charge in [-0.15, -0.1) is 0 Å². The minimum atomic E-state index is -0.439. The van der Waals surface area contributed by atoms with Crippen molar-refractivity contribution in [3.8, 4) is 5.75 Å². The molecule has 0 atom stereocenters. The van der Waals surface area contributed by atoms with Gasteiger partial charge in [0.15, 0.2) is 5.82 Å². The summed E-state index contributed by atoms with van der Waals surface area (Å²) in [6, 6.07) is 9.97. The van der Waals surface area contributed by atoms with E-state index < -0.39 is 5.82 Å². The summed E-state index contributed by atoms with van der Waals surface area (Å²) in [4.78, 5) is 1.89. The summed E-state index contributed by atoms with van der Waals surface area (Å²) in [6.45, 7) is 2.44. The van der Waals surface area contributed by atoms with Gasteiger partial charge in [0, 0.05) is 23.9 Å². The number of phenolic OH excluding ortho intramolecular Hbond substituents is 1. The van der Waals surface area contributed by atoms with Crippen LogP contribution in [0.4, 0.5) is 15.8 Å². The fourth-order valence-corrected chi connectivity index (χ4v) is 2.94. The Hall–Kier alpha value is -1.66. The highest BCUT2D eigenvalue weighted by molar-refractivity contribution is 9.10. The molecule has 3 N–H and O–H groups in total. The van der Waals surface area contributed by atoms with Crippen molar-refractivity contribution in [1.82, 2.24) is 0 Å². The van der Waals surface area contributed by atoms with Gasteiger partial charge < -0.3 is 15.7 Å². The van der Waals surface area contributed by atoms with Gasteiger partial charge in [-0.1, -0.05) is 18.3 Å². The highest BCUT2D eigenvalue weighted by atomic mass is 79.9. The van der Waals surface area contributed by atoms with Gasteiger partial charge in [0.05, 0.1) is 10.2 Å². The van der Waals surface area contributed by atoms with Gasteiger partial charge in [0.1, 0.15) is 10.7 Å². The fourth-order valence-electron chi connectivity index (χ4n) is 2.09. The van der Waals surface area contributed by atoms with Crippen molar-refractivity contribution in [2.24, 2.45) is 5.73 Å². The summed E-state index contributed by atoms with van der Waals surface area (Å²) in [7, 11) is 0. The van der Waals surface area contributed by atoms with Gasteiger partial charge in [-0.3, -0.25) is 0 Å². The van der Waals surface area contributed by atoms with Crippen LogP contribution in [0.5, 0.6) is 5.75 Å². The van der Waals surface area contributed by atoms with E-state index in [1.165, 1.54) is 0 Å². The number of aromatic hydroxyl groups is 1. The van der Waals surface area contributed by atoms with E-state index in [-0.39, 0.29) is 15.2 Å². The first kappa shape index (κ1) is 15.7. The zero-order valence-corrected chi connectivity index (χ0v) is 13.7. The van der Waals surface area contributed by atoms with Crippen molar-refractivity contribution < 1.29 is 9.50 Å². The lowest BCUT2D eigenvalue weighted by molar-refractivity contribution is 0.475. The molecule has 0 heterocycles. The molecule has 3 nitrogen and oxygen atoms in total. The summed E-state index contributed by atoms with van der Waals surface area (Å²) in [5.41, 5.74) is 7.10. The summed E-state index contributed by atoms with van der Waals surface area (Å²) in [5, 5.41) is 9.58. The first-order valence-electron chi connectivity index (χ1n) is 6.30. The molecule has 0 saturated carbocycles. The summed E-state index contributed by atoms with van der Waals surface area (Å²) < 4.78 is 14.8. The zero-order valence-electron chi connectivity index (χ0n) is 11.3. The molecule has 0 amide bonds. The van der Waals surface area contributed by atoms with Crippen LogP contribution in [0.3, 0.4) is 0 Å². The molecule has 6 heteroatoms. The number of nitrogens with zero attached hydrogens (tertiary/aromatic N) is 1. The maximum Gasteiger partial charge on any atom is 0.161 e. The normalized spacial score (nSPS) is 10.4. The zero-order chi connectivity index (χ0) is 15.6. The van der Waals surface area contributed by atoms with E-state index in [1.807, 2.05) is 6.92 Å². The molecule has 0 spiro atoms. The van der Waals surface area contributed by atoms with Gasteiger partial charge in [-0.05, 0) is 47.1 Å². The Balaban J connectivity index is 2.53. The maximum absolute atomic E-state index is 14.6. The van der Waals surface area contributed by atoms with Crippen molar-refractivity contribution >= 4 is 44.5 Å². The quantitative estimate of drug-likeness (QED) is 0.798. The Morgan fingerprint density at radius 1 is 1.38 bits per heavy atom. The highest BCUT2D eigenvalue weighted by Crippen LogP contribution is 2.34. The second-order valence-electron chi connectivity index (χ2n) is 4.39. The third-order valence-corrected chi connectivity index (χ3v) is 4.07. The van der Waals surface area contributed by atoms with Crippen LogP contribution < -0.4 is 10.6 Å². The second kappa shape index (κ2) is 6.41. The van der Waals surface area contributed by atoms with E-state index in [0.29, 0.717) is 23.5 Å². The average Bonchev–Trinajstić information content (AvgIpc) is 2.44. The lowest BCUT2D eigenvalue weighted by Gasteiger charge is -2.25. The van der Waals surface area contributed by atoms with Crippen molar-refractivity contribution in [1.29, 1.82) is 0 Å². The molecule has 0 saturated heterocycles. The molecule has 2 aromatic rings. The van der Waals surface area contributed by atoms with Crippen molar-refractivity contribution in [2.45, 2.75) is 6.92 Å². The highest BCUT2D eigenvalue weighted by Gasteiger charge is 2.18. The largest absolute Gasteiger partial charge is 0.508 e. The molecule has 0 bridgehead atoms. The lowest BCUT2D eigenvalue weighted by atomic mass is 10.1. The van der Waals surface area contributed by atoms with Crippen LogP contribution in [0.1, 0.15) is 12.5 Å². The minimum Gasteiger partial charge on any atom is -0.508 e. The van der Waals surface area contributed by atoms with E-state index in [4.69, 9.17) is 18.0 Å². The molecule has 2 rings (SSSR count). The molecular formula is C15H14BrFN2OS. The Morgan fingerprint density at radius 2 is 2.10 bits per heavy atom. The number of anilines is 2. The van der Waals surface area contributed by atoms with E-state index in [1.54, 1.807) is 41.3 Å². The average molecular weight is 369 g/mol. The summed E-state index contributed by atoms with van der Waals surface area (Å²) in [6.07, 6.45) is 0. The standard InChI is InChI=1S/C15H14BrFN2OS/c1-2-19(9-4-3-5-10(20)8-9)12-7-6-11(15(18)21)13(16)14(12)17/h3-8,20H,2H2,1H3,(H2,18,21). The predicted molar refractivity (Wildman–Crippen MR) is 90.8 cm³/mol. The first-order chi connectivity index (χ1) is 9.95. The van der Waals surface area contributed by atoms with E-state index >= 15 is 0 Å². The van der Waals surface area contributed by atoms with Crippen LogP contribution in [-0.2, 0) is 0 Å². The number of nitrogens with two attached hydrogens (primary N) is 1. The molecule has 0 fully saturated rings.